The van der Waals surface area contributed by atoms with Gasteiger partial charge in [0.05, 0.1) is 12.5 Å². The lowest BCUT2D eigenvalue weighted by Gasteiger charge is -2.12. The maximum absolute atomic E-state index is 12.0. The van der Waals surface area contributed by atoms with E-state index in [1.54, 1.807) is 6.20 Å². The molecule has 1 aromatic carbocycles. The largest absolute Gasteiger partial charge is 0.390 e. The van der Waals surface area contributed by atoms with Crippen molar-refractivity contribution in [2.75, 3.05) is 6.54 Å². The van der Waals surface area contributed by atoms with Crippen LogP contribution >= 0.6 is 0 Å². The molecule has 4 nitrogen and oxygen atoms in total. The van der Waals surface area contributed by atoms with E-state index in [0.717, 1.165) is 16.5 Å². The number of fused-ring (bicyclic) bond motifs is 1. The Balaban J connectivity index is 1.92. The second-order valence-electron chi connectivity index (χ2n) is 4.83. The Morgan fingerprint density at radius 1 is 1.33 bits per heavy atom. The number of aromatic amines is 1. The van der Waals surface area contributed by atoms with Crippen LogP contribution in [0.15, 0.2) is 30.5 Å². The Morgan fingerprint density at radius 2 is 2.05 bits per heavy atom. The fraction of sp³-hybridized carbons (Fsp3) is 0.357. The van der Waals surface area contributed by atoms with E-state index >= 15 is 0 Å². The van der Waals surface area contributed by atoms with E-state index in [9.17, 15) is 18.0 Å². The predicted molar refractivity (Wildman–Crippen MR) is 73.7 cm³/mol. The fourth-order valence-electron chi connectivity index (χ4n) is 2.09. The van der Waals surface area contributed by atoms with Gasteiger partial charge in [-0.3, -0.25) is 4.79 Å². The normalized spacial score (nSPS) is 13.3. The van der Waals surface area contributed by atoms with Crippen molar-refractivity contribution in [3.63, 3.8) is 0 Å². The first-order chi connectivity index (χ1) is 9.87. The molecule has 0 aliphatic rings. The van der Waals surface area contributed by atoms with Crippen LogP contribution < -0.4 is 11.1 Å². The number of hydrogen-bond donors (Lipinski definition) is 3. The molecule has 114 valence electrons. The summed E-state index contributed by atoms with van der Waals surface area (Å²) < 4.78 is 36.0. The van der Waals surface area contributed by atoms with Crippen molar-refractivity contribution < 1.29 is 18.0 Å². The van der Waals surface area contributed by atoms with Gasteiger partial charge in [-0.05, 0) is 18.1 Å². The first-order valence-corrected chi connectivity index (χ1v) is 6.52. The number of nitrogens with two attached hydrogens (primary N) is 1. The molecule has 1 aromatic heterocycles. The highest BCUT2D eigenvalue weighted by molar-refractivity contribution is 5.86. The van der Waals surface area contributed by atoms with Crippen molar-refractivity contribution in [1.29, 1.82) is 0 Å². The van der Waals surface area contributed by atoms with Crippen LogP contribution in [0.2, 0.25) is 0 Å². The molecule has 21 heavy (non-hydrogen) atoms. The molecule has 0 bridgehead atoms. The van der Waals surface area contributed by atoms with E-state index in [-0.39, 0.29) is 6.42 Å². The average Bonchev–Trinajstić information content (AvgIpc) is 2.80. The molecule has 1 amide bonds. The molecular weight excluding hydrogens is 283 g/mol. The van der Waals surface area contributed by atoms with Crippen molar-refractivity contribution in [2.45, 2.75) is 25.1 Å². The molecule has 1 heterocycles. The Hall–Kier alpha value is -2.02. The van der Waals surface area contributed by atoms with Gasteiger partial charge in [-0.15, -0.1) is 0 Å². The van der Waals surface area contributed by atoms with Gasteiger partial charge in [-0.1, -0.05) is 18.2 Å². The van der Waals surface area contributed by atoms with Gasteiger partial charge >= 0.3 is 6.18 Å². The van der Waals surface area contributed by atoms with Gasteiger partial charge < -0.3 is 16.0 Å². The zero-order chi connectivity index (χ0) is 15.5. The van der Waals surface area contributed by atoms with Gasteiger partial charge in [0.2, 0.25) is 5.91 Å². The third kappa shape index (κ3) is 4.22. The van der Waals surface area contributed by atoms with Gasteiger partial charge in [-0.2, -0.15) is 13.2 Å². The van der Waals surface area contributed by atoms with Crippen molar-refractivity contribution in [1.82, 2.24) is 10.3 Å². The SMILES string of the molecule is N[C@@H](Cc1c[nH]c2ccccc12)C(=O)NCCC(F)(F)F. The van der Waals surface area contributed by atoms with Crippen LogP contribution in [-0.2, 0) is 11.2 Å². The molecule has 0 aliphatic heterocycles. The minimum absolute atomic E-state index is 0.266. The smallest absolute Gasteiger partial charge is 0.361 e. The molecule has 7 heteroatoms. The zero-order valence-corrected chi connectivity index (χ0v) is 11.2. The summed E-state index contributed by atoms with van der Waals surface area (Å²) >= 11 is 0. The van der Waals surface area contributed by atoms with Crippen molar-refractivity contribution in [3.8, 4) is 0 Å². The van der Waals surface area contributed by atoms with Gasteiger partial charge in [0, 0.05) is 23.6 Å². The molecular formula is C14H16F3N3O. The number of para-hydroxylation sites is 1. The lowest BCUT2D eigenvalue weighted by Crippen LogP contribution is -2.43. The van der Waals surface area contributed by atoms with E-state index in [1.807, 2.05) is 24.3 Å². The Bertz CT molecular complexity index is 621. The van der Waals surface area contributed by atoms with E-state index in [2.05, 4.69) is 10.3 Å². The lowest BCUT2D eigenvalue weighted by molar-refractivity contribution is -0.135. The van der Waals surface area contributed by atoms with Gasteiger partial charge in [0.15, 0.2) is 0 Å². The second kappa shape index (κ2) is 6.17. The number of H-pyrrole nitrogens is 1. The number of amides is 1. The first-order valence-electron chi connectivity index (χ1n) is 6.52. The van der Waals surface area contributed by atoms with E-state index in [1.165, 1.54) is 0 Å². The highest BCUT2D eigenvalue weighted by atomic mass is 19.4. The molecule has 2 rings (SSSR count). The molecule has 0 aliphatic carbocycles. The minimum Gasteiger partial charge on any atom is -0.361 e. The molecule has 4 N–H and O–H groups in total. The summed E-state index contributed by atoms with van der Waals surface area (Å²) in [6.45, 7) is -0.454. The number of halogens is 3. The zero-order valence-electron chi connectivity index (χ0n) is 11.2. The number of aromatic nitrogens is 1. The van der Waals surface area contributed by atoms with Crippen molar-refractivity contribution in [3.05, 3.63) is 36.0 Å². The number of carbonyl (C=O) groups excluding carboxylic acids is 1. The highest BCUT2D eigenvalue weighted by Gasteiger charge is 2.27. The van der Waals surface area contributed by atoms with Gasteiger partial charge in [-0.25, -0.2) is 0 Å². The monoisotopic (exact) mass is 299 g/mol. The topological polar surface area (TPSA) is 70.9 Å². The second-order valence-corrected chi connectivity index (χ2v) is 4.83. The minimum atomic E-state index is -4.28. The Labute approximate surface area is 119 Å². The van der Waals surface area contributed by atoms with E-state index < -0.39 is 31.1 Å². The van der Waals surface area contributed by atoms with Crippen molar-refractivity contribution >= 4 is 16.8 Å². The summed E-state index contributed by atoms with van der Waals surface area (Å²) in [5, 5.41) is 3.16. The third-order valence-corrected chi connectivity index (χ3v) is 3.16. The van der Waals surface area contributed by atoms with Crippen LogP contribution in [0, 0.1) is 0 Å². The number of alkyl halides is 3. The fourth-order valence-corrected chi connectivity index (χ4v) is 2.09. The molecule has 0 saturated carbocycles. The van der Waals surface area contributed by atoms with E-state index in [0.29, 0.717) is 0 Å². The van der Waals surface area contributed by atoms with Crippen LogP contribution in [0.25, 0.3) is 10.9 Å². The lowest BCUT2D eigenvalue weighted by atomic mass is 10.1. The summed E-state index contributed by atoms with van der Waals surface area (Å²) in [6, 6.07) is 6.67. The summed E-state index contributed by atoms with van der Waals surface area (Å²) in [4.78, 5) is 14.7. The highest BCUT2D eigenvalue weighted by Crippen LogP contribution is 2.19. The quantitative estimate of drug-likeness (QED) is 0.791. The van der Waals surface area contributed by atoms with Gasteiger partial charge in [0.1, 0.15) is 0 Å². The van der Waals surface area contributed by atoms with Gasteiger partial charge in [0.25, 0.3) is 0 Å². The standard InChI is InChI=1S/C14H16F3N3O/c15-14(16,17)5-6-19-13(21)11(18)7-9-8-20-12-4-2-1-3-10(9)12/h1-4,8,11,20H,5-7,18H2,(H,19,21)/t11-/m0/s1. The molecule has 0 unspecified atom stereocenters. The summed E-state index contributed by atoms with van der Waals surface area (Å²) in [6.07, 6.45) is -3.32. The van der Waals surface area contributed by atoms with Crippen LogP contribution in [0.5, 0.6) is 0 Å². The maximum atomic E-state index is 12.0. The van der Waals surface area contributed by atoms with Crippen LogP contribution in [-0.4, -0.2) is 29.7 Å². The molecule has 0 radical (unpaired) electrons. The predicted octanol–water partition coefficient (Wildman–Crippen LogP) is 2.11. The van der Waals surface area contributed by atoms with Crippen LogP contribution in [0.4, 0.5) is 13.2 Å². The Morgan fingerprint density at radius 3 is 2.76 bits per heavy atom. The Kier molecular flexibility index (Phi) is 4.52. The van der Waals surface area contributed by atoms with E-state index in [4.69, 9.17) is 5.73 Å². The van der Waals surface area contributed by atoms with Crippen LogP contribution in [0.3, 0.4) is 0 Å². The molecule has 2 aromatic rings. The third-order valence-electron chi connectivity index (χ3n) is 3.16. The van der Waals surface area contributed by atoms with Crippen LogP contribution in [0.1, 0.15) is 12.0 Å². The molecule has 0 spiro atoms. The van der Waals surface area contributed by atoms with Crippen molar-refractivity contribution in [2.24, 2.45) is 5.73 Å². The summed E-state index contributed by atoms with van der Waals surface area (Å²) in [5.41, 5.74) is 7.53. The first kappa shape index (κ1) is 15.4. The molecule has 0 fully saturated rings. The average molecular weight is 299 g/mol. The number of benzene rings is 1. The number of rotatable bonds is 5. The number of carbonyl (C=O) groups is 1. The summed E-state index contributed by atoms with van der Waals surface area (Å²) in [7, 11) is 0. The maximum Gasteiger partial charge on any atom is 0.390 e. The molecule has 1 atom stereocenters. The number of nitrogens with one attached hydrogen (secondary N) is 2. The summed E-state index contributed by atoms with van der Waals surface area (Å²) in [5.74, 6) is -0.579. The number of hydrogen-bond acceptors (Lipinski definition) is 2. The molecule has 0 saturated heterocycles.